The van der Waals surface area contributed by atoms with Crippen LogP contribution in [0.5, 0.6) is 0 Å². The largest absolute Gasteiger partial charge is 0.368 e. The van der Waals surface area contributed by atoms with Gasteiger partial charge in [-0.15, -0.1) is 0 Å². The molecule has 0 aromatic heterocycles. The summed E-state index contributed by atoms with van der Waals surface area (Å²) >= 11 is 0. The Bertz CT molecular complexity index is 1340. The molecule has 2 aromatic rings. The van der Waals surface area contributed by atoms with Crippen LogP contribution in [-0.2, 0) is 41.6 Å². The van der Waals surface area contributed by atoms with Gasteiger partial charge in [0.05, 0.1) is 6.04 Å². The van der Waals surface area contributed by atoms with E-state index in [4.69, 9.17) is 5.73 Å². The molecule has 2 aromatic carbocycles. The number of carbonyl (C=O) groups excluding carboxylic acids is 6. The molecule has 0 spiro atoms. The molecule has 2 rings (SSSR count). The van der Waals surface area contributed by atoms with Crippen LogP contribution in [0.1, 0.15) is 58.6 Å². The first kappa shape index (κ1) is 38.4. The lowest BCUT2D eigenvalue weighted by molar-refractivity contribution is -0.132. The van der Waals surface area contributed by atoms with Crippen molar-refractivity contribution in [3.8, 4) is 0 Å². The normalized spacial score (nSPS) is 14.7. The molecule has 13 heteroatoms. The van der Waals surface area contributed by atoms with E-state index in [0.29, 0.717) is 19.3 Å². The average Bonchev–Trinajstić information content (AvgIpc) is 3.04. The lowest BCUT2D eigenvalue weighted by atomic mass is 10.0. The minimum Gasteiger partial charge on any atom is -0.368 e. The third-order valence-corrected chi connectivity index (χ3v) is 7.56. The number of nitrogens with one attached hydrogen (secondary N) is 6. The van der Waals surface area contributed by atoms with E-state index in [-0.39, 0.29) is 18.9 Å². The van der Waals surface area contributed by atoms with Crippen LogP contribution in [0.4, 0.5) is 0 Å². The van der Waals surface area contributed by atoms with Crippen LogP contribution in [-0.4, -0.2) is 78.2 Å². The number of hydrogen-bond acceptors (Lipinski definition) is 7. The summed E-state index contributed by atoms with van der Waals surface area (Å²) in [6, 6.07) is 14.1. The number of hydrogen-bond donors (Lipinski definition) is 7. The van der Waals surface area contributed by atoms with Gasteiger partial charge in [0.25, 0.3) is 0 Å². The Morgan fingerprint density at radius 1 is 0.596 bits per heavy atom. The van der Waals surface area contributed by atoms with Crippen molar-refractivity contribution in [3.05, 3.63) is 71.8 Å². The van der Waals surface area contributed by atoms with Crippen molar-refractivity contribution in [2.75, 3.05) is 6.54 Å². The summed E-state index contributed by atoms with van der Waals surface area (Å²) in [7, 11) is 0. The van der Waals surface area contributed by atoms with E-state index in [1.807, 2.05) is 60.7 Å². The molecule has 6 atom stereocenters. The minimum atomic E-state index is -0.905. The standard InChI is InChI=1S/C34H49N7O6/c1-6-27(32(45)38-21(3)30(35)43)41-34(47)29(19-25-16-12-9-13-17-25)36-20-26(18-24-14-10-8-11-15-24)39-33(46)28(7-2)40-31(44)22(4)37-23(5)42/h8-17,21-22,26-29,36H,6-7,18-20H2,1-5H3,(H2,35,43)(H,37,42)(H,38,45)(H,39,46)(H,40,44)(H,41,47)/t21-,22-,26?,27?,28?,29-/m0/s1. The predicted octanol–water partition coefficient (Wildman–Crippen LogP) is 0.219. The van der Waals surface area contributed by atoms with E-state index in [9.17, 15) is 28.8 Å². The highest BCUT2D eigenvalue weighted by molar-refractivity contribution is 5.93. The van der Waals surface area contributed by atoms with Gasteiger partial charge in [0.15, 0.2) is 0 Å². The maximum Gasteiger partial charge on any atom is 0.243 e. The first-order chi connectivity index (χ1) is 22.3. The second-order valence-electron chi connectivity index (χ2n) is 11.5. The fourth-order valence-electron chi connectivity index (χ4n) is 4.80. The second-order valence-corrected chi connectivity index (χ2v) is 11.5. The molecular formula is C34H49N7O6. The van der Waals surface area contributed by atoms with Gasteiger partial charge in [-0.05, 0) is 50.7 Å². The molecule has 0 aliphatic heterocycles. The average molecular weight is 652 g/mol. The molecule has 0 saturated heterocycles. The Balaban J connectivity index is 2.25. The second kappa shape index (κ2) is 19.7. The van der Waals surface area contributed by atoms with Crippen molar-refractivity contribution in [1.29, 1.82) is 0 Å². The van der Waals surface area contributed by atoms with Gasteiger partial charge in [-0.25, -0.2) is 0 Å². The molecule has 0 aliphatic carbocycles. The lowest BCUT2D eigenvalue weighted by Crippen LogP contribution is -2.58. The molecule has 13 nitrogen and oxygen atoms in total. The summed E-state index contributed by atoms with van der Waals surface area (Å²) in [6.07, 6.45) is 1.31. The molecule has 0 bridgehead atoms. The van der Waals surface area contributed by atoms with Crippen molar-refractivity contribution in [1.82, 2.24) is 31.9 Å². The SMILES string of the molecule is CCC(NC(=O)[C@H](C)NC(C)=O)C(=O)NC(CN[C@@H](Cc1ccccc1)C(=O)NC(CC)C(=O)N[C@@H](C)C(N)=O)Cc1ccccc1. The first-order valence-corrected chi connectivity index (χ1v) is 15.9. The van der Waals surface area contributed by atoms with Crippen LogP contribution in [0.25, 0.3) is 0 Å². The topological polar surface area (TPSA) is 201 Å². The zero-order chi connectivity index (χ0) is 34.9. The first-order valence-electron chi connectivity index (χ1n) is 15.9. The van der Waals surface area contributed by atoms with Crippen LogP contribution in [0.15, 0.2) is 60.7 Å². The van der Waals surface area contributed by atoms with Crippen molar-refractivity contribution < 1.29 is 28.8 Å². The molecule has 8 N–H and O–H groups in total. The van der Waals surface area contributed by atoms with E-state index in [1.165, 1.54) is 20.8 Å². The van der Waals surface area contributed by atoms with Gasteiger partial charge in [0.1, 0.15) is 24.2 Å². The van der Waals surface area contributed by atoms with Crippen LogP contribution in [0.2, 0.25) is 0 Å². The fourth-order valence-corrected chi connectivity index (χ4v) is 4.80. The van der Waals surface area contributed by atoms with E-state index < -0.39 is 65.8 Å². The fraction of sp³-hybridized carbons (Fsp3) is 0.471. The molecule has 0 fully saturated rings. The van der Waals surface area contributed by atoms with Crippen molar-refractivity contribution in [2.24, 2.45) is 5.73 Å². The van der Waals surface area contributed by atoms with Gasteiger partial charge in [0, 0.05) is 19.5 Å². The van der Waals surface area contributed by atoms with Crippen LogP contribution < -0.4 is 37.6 Å². The third-order valence-electron chi connectivity index (χ3n) is 7.56. The highest BCUT2D eigenvalue weighted by Crippen LogP contribution is 2.08. The van der Waals surface area contributed by atoms with E-state index in [0.717, 1.165) is 11.1 Å². The van der Waals surface area contributed by atoms with E-state index in [2.05, 4.69) is 31.9 Å². The Morgan fingerprint density at radius 3 is 1.55 bits per heavy atom. The van der Waals surface area contributed by atoms with Crippen molar-refractivity contribution in [3.63, 3.8) is 0 Å². The molecule has 0 heterocycles. The van der Waals surface area contributed by atoms with Gasteiger partial charge in [-0.1, -0.05) is 74.5 Å². The number of carbonyl (C=O) groups is 6. The molecule has 6 amide bonds. The van der Waals surface area contributed by atoms with Gasteiger partial charge in [-0.3, -0.25) is 28.8 Å². The number of amides is 6. The lowest BCUT2D eigenvalue weighted by Gasteiger charge is -2.27. The van der Waals surface area contributed by atoms with Crippen LogP contribution in [0.3, 0.4) is 0 Å². The molecule has 47 heavy (non-hydrogen) atoms. The van der Waals surface area contributed by atoms with Gasteiger partial charge < -0.3 is 37.6 Å². The van der Waals surface area contributed by atoms with Gasteiger partial charge in [-0.2, -0.15) is 0 Å². The summed E-state index contributed by atoms with van der Waals surface area (Å²) in [4.78, 5) is 75.4. The Labute approximate surface area is 276 Å². The highest BCUT2D eigenvalue weighted by atomic mass is 16.2. The number of benzene rings is 2. The molecule has 0 saturated carbocycles. The molecular weight excluding hydrogens is 602 g/mol. The van der Waals surface area contributed by atoms with Crippen LogP contribution >= 0.6 is 0 Å². The van der Waals surface area contributed by atoms with Crippen molar-refractivity contribution >= 4 is 35.4 Å². The molecule has 3 unspecified atom stereocenters. The maximum absolute atomic E-state index is 13.6. The summed E-state index contributed by atoms with van der Waals surface area (Å²) in [5, 5.41) is 16.8. The Hall–Kier alpha value is -4.78. The third kappa shape index (κ3) is 13.6. The number of nitrogens with two attached hydrogens (primary N) is 1. The summed E-state index contributed by atoms with van der Waals surface area (Å²) < 4.78 is 0. The summed E-state index contributed by atoms with van der Waals surface area (Å²) in [5.74, 6) is -2.91. The number of primary amides is 1. The minimum absolute atomic E-state index is 0.180. The summed E-state index contributed by atoms with van der Waals surface area (Å²) in [6.45, 7) is 8.00. The van der Waals surface area contributed by atoms with Crippen LogP contribution in [0, 0.1) is 0 Å². The quantitative estimate of drug-likeness (QED) is 0.113. The van der Waals surface area contributed by atoms with Gasteiger partial charge >= 0.3 is 0 Å². The van der Waals surface area contributed by atoms with Crippen molar-refractivity contribution in [2.45, 2.75) is 96.6 Å². The smallest absolute Gasteiger partial charge is 0.243 e. The maximum atomic E-state index is 13.6. The highest BCUT2D eigenvalue weighted by Gasteiger charge is 2.28. The molecule has 256 valence electrons. The predicted molar refractivity (Wildman–Crippen MR) is 179 cm³/mol. The Kier molecular flexibility index (Phi) is 16.1. The number of rotatable bonds is 19. The van der Waals surface area contributed by atoms with Gasteiger partial charge in [0.2, 0.25) is 35.4 Å². The summed E-state index contributed by atoms with van der Waals surface area (Å²) in [5.41, 5.74) is 7.11. The van der Waals surface area contributed by atoms with E-state index in [1.54, 1.807) is 13.8 Å². The monoisotopic (exact) mass is 651 g/mol. The Morgan fingerprint density at radius 2 is 1.06 bits per heavy atom. The molecule has 0 radical (unpaired) electrons. The molecule has 0 aliphatic rings. The zero-order valence-corrected chi connectivity index (χ0v) is 27.8. The zero-order valence-electron chi connectivity index (χ0n) is 27.8. The van der Waals surface area contributed by atoms with E-state index >= 15 is 0 Å².